The number of nitrogens with one attached hydrogen (secondary N) is 1. The molecule has 2 N–H and O–H groups in total. The molecule has 3 aromatic rings. The first-order valence-electron chi connectivity index (χ1n) is 9.83. The highest BCUT2D eigenvalue weighted by molar-refractivity contribution is 7.14. The quantitative estimate of drug-likeness (QED) is 0.332. The third kappa shape index (κ3) is 5.21. The molecule has 6 heteroatoms. The molecule has 2 aromatic carbocycles. The van der Waals surface area contributed by atoms with Crippen LogP contribution in [0.4, 0.5) is 5.13 Å². The lowest BCUT2D eigenvalue weighted by atomic mass is 9.78. The summed E-state index contributed by atoms with van der Waals surface area (Å²) >= 11 is 7.45. The van der Waals surface area contributed by atoms with E-state index in [-0.39, 0.29) is 10.8 Å². The minimum absolute atomic E-state index is 0.176. The van der Waals surface area contributed by atoms with Gasteiger partial charge in [0.15, 0.2) is 0 Å². The van der Waals surface area contributed by atoms with Gasteiger partial charge in [-0.3, -0.25) is 5.43 Å². The maximum absolute atomic E-state index is 10.8. The number of benzene rings is 2. The van der Waals surface area contributed by atoms with Gasteiger partial charge in [0.2, 0.25) is 5.13 Å². The Bertz CT molecular complexity index is 1020. The number of hydrogen-bond acceptors (Lipinski definition) is 5. The van der Waals surface area contributed by atoms with Gasteiger partial charge in [0.05, 0.1) is 11.9 Å². The van der Waals surface area contributed by atoms with Crippen LogP contribution < -0.4 is 5.43 Å². The van der Waals surface area contributed by atoms with Crippen molar-refractivity contribution < 1.29 is 5.11 Å². The van der Waals surface area contributed by atoms with Gasteiger partial charge in [-0.15, -0.1) is 11.3 Å². The van der Waals surface area contributed by atoms with Crippen LogP contribution in [-0.2, 0) is 10.8 Å². The highest BCUT2D eigenvalue weighted by Crippen LogP contribution is 2.39. The standard InChI is InChI=1S/C24H28ClN3OS/c1-23(2,3)18-11-15(12-19(21(18)29)24(4,5)6)13-26-28-22-27-20(14-30-22)16-7-9-17(25)10-8-16/h7-14,29H,1-6H3,(H,27,28)/b26-13+. The van der Waals surface area contributed by atoms with Gasteiger partial charge in [-0.05, 0) is 40.7 Å². The summed E-state index contributed by atoms with van der Waals surface area (Å²) < 4.78 is 0. The molecule has 0 aliphatic carbocycles. The Morgan fingerprint density at radius 3 is 2.10 bits per heavy atom. The van der Waals surface area contributed by atoms with Crippen LogP contribution in [0.2, 0.25) is 5.02 Å². The third-order valence-corrected chi connectivity index (χ3v) is 5.77. The summed E-state index contributed by atoms with van der Waals surface area (Å²) in [6.45, 7) is 12.6. The van der Waals surface area contributed by atoms with Crippen LogP contribution in [0.5, 0.6) is 5.75 Å². The van der Waals surface area contributed by atoms with E-state index in [1.54, 1.807) is 6.21 Å². The first-order chi connectivity index (χ1) is 13.9. The maximum Gasteiger partial charge on any atom is 0.203 e. The summed E-state index contributed by atoms with van der Waals surface area (Å²) in [7, 11) is 0. The predicted molar refractivity (Wildman–Crippen MR) is 129 cm³/mol. The van der Waals surface area contributed by atoms with Gasteiger partial charge in [-0.1, -0.05) is 65.3 Å². The smallest absolute Gasteiger partial charge is 0.203 e. The number of halogens is 1. The topological polar surface area (TPSA) is 57.5 Å². The van der Waals surface area contributed by atoms with E-state index in [2.05, 4.69) is 57.1 Å². The molecule has 0 aliphatic rings. The average Bonchev–Trinajstić information content (AvgIpc) is 3.10. The lowest BCUT2D eigenvalue weighted by molar-refractivity contribution is 0.423. The van der Waals surface area contributed by atoms with Crippen LogP contribution in [0, 0.1) is 0 Å². The highest BCUT2D eigenvalue weighted by Gasteiger charge is 2.26. The Balaban J connectivity index is 1.83. The zero-order valence-electron chi connectivity index (χ0n) is 18.2. The van der Waals surface area contributed by atoms with Crippen molar-refractivity contribution in [3.05, 3.63) is 63.5 Å². The number of hydrazone groups is 1. The van der Waals surface area contributed by atoms with E-state index in [1.807, 2.05) is 41.8 Å². The van der Waals surface area contributed by atoms with Gasteiger partial charge < -0.3 is 5.11 Å². The Kier molecular flexibility index (Phi) is 6.25. The van der Waals surface area contributed by atoms with E-state index >= 15 is 0 Å². The van der Waals surface area contributed by atoms with Crippen molar-refractivity contribution in [1.29, 1.82) is 0 Å². The lowest BCUT2D eigenvalue weighted by Crippen LogP contribution is -2.17. The molecule has 0 aliphatic heterocycles. The second-order valence-electron chi connectivity index (χ2n) is 9.38. The van der Waals surface area contributed by atoms with Crippen LogP contribution in [0.25, 0.3) is 11.3 Å². The van der Waals surface area contributed by atoms with Crippen molar-refractivity contribution >= 4 is 34.3 Å². The number of anilines is 1. The molecular formula is C24H28ClN3OS. The number of hydrogen-bond donors (Lipinski definition) is 2. The van der Waals surface area contributed by atoms with E-state index in [1.165, 1.54) is 11.3 Å². The van der Waals surface area contributed by atoms with Crippen molar-refractivity contribution in [2.45, 2.75) is 52.4 Å². The largest absolute Gasteiger partial charge is 0.507 e. The van der Waals surface area contributed by atoms with Gasteiger partial charge in [-0.25, -0.2) is 4.98 Å². The Morgan fingerprint density at radius 1 is 1.00 bits per heavy atom. The second kappa shape index (κ2) is 8.40. The van der Waals surface area contributed by atoms with Crippen molar-refractivity contribution in [3.63, 3.8) is 0 Å². The molecule has 0 bridgehead atoms. The molecule has 0 amide bonds. The fourth-order valence-corrected chi connectivity index (χ4v) is 3.91. The normalized spacial score (nSPS) is 12.5. The number of aromatic hydroxyl groups is 1. The molecule has 30 heavy (non-hydrogen) atoms. The fourth-order valence-electron chi connectivity index (χ4n) is 3.12. The number of rotatable bonds is 4. The van der Waals surface area contributed by atoms with Gasteiger partial charge in [0, 0.05) is 27.1 Å². The molecule has 4 nitrogen and oxygen atoms in total. The molecule has 1 aromatic heterocycles. The number of phenolic OH excluding ortho intramolecular Hbond substituents is 1. The SMILES string of the molecule is CC(C)(C)c1cc(/C=N/Nc2nc(-c3ccc(Cl)cc3)cs2)cc(C(C)(C)C)c1O. The lowest BCUT2D eigenvalue weighted by Gasteiger charge is -2.27. The van der Waals surface area contributed by atoms with Crippen LogP contribution in [0.1, 0.15) is 58.2 Å². The van der Waals surface area contributed by atoms with E-state index in [4.69, 9.17) is 11.6 Å². The van der Waals surface area contributed by atoms with Crippen molar-refractivity contribution in [1.82, 2.24) is 4.98 Å². The molecule has 158 valence electrons. The average molecular weight is 442 g/mol. The summed E-state index contributed by atoms with van der Waals surface area (Å²) in [4.78, 5) is 4.58. The molecule has 0 saturated carbocycles. The minimum atomic E-state index is -0.176. The van der Waals surface area contributed by atoms with Gasteiger partial charge in [0.25, 0.3) is 0 Å². The maximum atomic E-state index is 10.8. The monoisotopic (exact) mass is 441 g/mol. The fraction of sp³-hybridized carbons (Fsp3) is 0.333. The minimum Gasteiger partial charge on any atom is -0.507 e. The van der Waals surface area contributed by atoms with E-state index < -0.39 is 0 Å². The van der Waals surface area contributed by atoms with Crippen LogP contribution in [-0.4, -0.2) is 16.3 Å². The number of thiazole rings is 1. The number of phenols is 1. The Hall–Kier alpha value is -2.37. The van der Waals surface area contributed by atoms with E-state index in [0.29, 0.717) is 15.9 Å². The number of aromatic nitrogens is 1. The van der Waals surface area contributed by atoms with Gasteiger partial charge >= 0.3 is 0 Å². The number of nitrogens with zero attached hydrogens (tertiary/aromatic N) is 2. The zero-order valence-corrected chi connectivity index (χ0v) is 19.8. The molecule has 0 unspecified atom stereocenters. The van der Waals surface area contributed by atoms with E-state index in [0.717, 1.165) is 27.9 Å². The first-order valence-corrected chi connectivity index (χ1v) is 11.1. The van der Waals surface area contributed by atoms with Gasteiger partial charge in [0.1, 0.15) is 5.75 Å². The molecule has 0 radical (unpaired) electrons. The summed E-state index contributed by atoms with van der Waals surface area (Å²) in [6, 6.07) is 11.6. The molecule has 0 saturated heterocycles. The molecular weight excluding hydrogens is 414 g/mol. The van der Waals surface area contributed by atoms with Crippen molar-refractivity contribution in [3.8, 4) is 17.0 Å². The molecule has 1 heterocycles. The van der Waals surface area contributed by atoms with Gasteiger partial charge in [-0.2, -0.15) is 5.10 Å². The Morgan fingerprint density at radius 2 is 1.57 bits per heavy atom. The summed E-state index contributed by atoms with van der Waals surface area (Å²) in [5.41, 5.74) is 7.31. The van der Waals surface area contributed by atoms with Crippen LogP contribution in [0.3, 0.4) is 0 Å². The van der Waals surface area contributed by atoms with Crippen molar-refractivity contribution in [2.24, 2.45) is 5.10 Å². The molecule has 0 spiro atoms. The molecule has 3 rings (SSSR count). The summed E-state index contributed by atoms with van der Waals surface area (Å²) in [5.74, 6) is 0.368. The Labute approximate surface area is 187 Å². The second-order valence-corrected chi connectivity index (χ2v) is 10.7. The van der Waals surface area contributed by atoms with Crippen LogP contribution in [0.15, 0.2) is 46.9 Å². The first kappa shape index (κ1) is 22.3. The molecule has 0 atom stereocenters. The van der Waals surface area contributed by atoms with E-state index in [9.17, 15) is 5.11 Å². The predicted octanol–water partition coefficient (Wildman–Crippen LogP) is 7.21. The zero-order chi connectivity index (χ0) is 22.1. The summed E-state index contributed by atoms with van der Waals surface area (Å²) in [5, 5.41) is 18.6. The molecule has 0 fully saturated rings. The summed E-state index contributed by atoms with van der Waals surface area (Å²) in [6.07, 6.45) is 1.77. The van der Waals surface area contributed by atoms with Crippen molar-refractivity contribution in [2.75, 3.05) is 5.43 Å². The highest BCUT2D eigenvalue weighted by atomic mass is 35.5. The third-order valence-electron chi connectivity index (χ3n) is 4.77. The van der Waals surface area contributed by atoms with Crippen LogP contribution >= 0.6 is 22.9 Å².